The van der Waals surface area contributed by atoms with Gasteiger partial charge in [0, 0.05) is 57.2 Å². The maximum atomic E-state index is 12.2. The fourth-order valence-electron chi connectivity index (χ4n) is 2.82. The van der Waals surface area contributed by atoms with E-state index in [1.807, 2.05) is 19.1 Å². The van der Waals surface area contributed by atoms with Crippen LogP contribution in [0.4, 0.5) is 5.69 Å². The molecule has 1 aromatic carbocycles. The van der Waals surface area contributed by atoms with Gasteiger partial charge in [-0.2, -0.15) is 0 Å². The molecule has 2 rings (SSSR count). The zero-order valence-corrected chi connectivity index (χ0v) is 14.5. The Balaban J connectivity index is 1.88. The van der Waals surface area contributed by atoms with E-state index in [-0.39, 0.29) is 11.9 Å². The number of benzene rings is 1. The molecule has 0 bridgehead atoms. The van der Waals surface area contributed by atoms with Gasteiger partial charge in [0.2, 0.25) is 0 Å². The molecule has 0 saturated carbocycles. The van der Waals surface area contributed by atoms with Crippen molar-refractivity contribution in [3.05, 3.63) is 29.8 Å². The third kappa shape index (κ3) is 5.22. The molecule has 0 unspecified atom stereocenters. The molecule has 0 aromatic heterocycles. The maximum Gasteiger partial charge on any atom is 0.251 e. The first-order chi connectivity index (χ1) is 11.1. The topological polar surface area (TPSA) is 44.8 Å². The number of hydrogen-bond acceptors (Lipinski definition) is 4. The predicted molar refractivity (Wildman–Crippen MR) is 94.2 cm³/mol. The summed E-state index contributed by atoms with van der Waals surface area (Å²) in [6.07, 6.45) is 0.821. The molecule has 1 fully saturated rings. The Bertz CT molecular complexity index is 482. The van der Waals surface area contributed by atoms with Crippen molar-refractivity contribution in [1.82, 2.24) is 10.2 Å². The van der Waals surface area contributed by atoms with Crippen molar-refractivity contribution in [2.45, 2.75) is 26.3 Å². The summed E-state index contributed by atoms with van der Waals surface area (Å²) in [4.78, 5) is 17.1. The van der Waals surface area contributed by atoms with Crippen molar-refractivity contribution in [2.75, 3.05) is 51.3 Å². The normalized spacial score (nSPS) is 17.1. The standard InChI is InChI=1S/C18H29N3O2/c1-4-20-10-12-21(13-11-20)17-7-5-16(6-8-17)18(22)19-15(2)9-14-23-3/h5-8,15H,4,9-14H2,1-3H3,(H,19,22)/t15-/m0/s1. The monoisotopic (exact) mass is 319 g/mol. The van der Waals surface area contributed by atoms with Crippen LogP contribution in [0.1, 0.15) is 30.6 Å². The van der Waals surface area contributed by atoms with Crippen molar-refractivity contribution in [2.24, 2.45) is 0 Å². The molecule has 1 aliphatic rings. The number of carbonyl (C=O) groups excluding carboxylic acids is 1. The number of nitrogens with zero attached hydrogens (tertiary/aromatic N) is 2. The van der Waals surface area contributed by atoms with Gasteiger partial charge in [0.15, 0.2) is 0 Å². The highest BCUT2D eigenvalue weighted by atomic mass is 16.5. The van der Waals surface area contributed by atoms with E-state index in [4.69, 9.17) is 4.74 Å². The molecule has 1 atom stereocenters. The van der Waals surface area contributed by atoms with Gasteiger partial charge in [-0.15, -0.1) is 0 Å². The lowest BCUT2D eigenvalue weighted by atomic mass is 10.1. The van der Waals surface area contributed by atoms with Gasteiger partial charge in [-0.25, -0.2) is 0 Å². The second-order valence-corrected chi connectivity index (χ2v) is 6.12. The van der Waals surface area contributed by atoms with E-state index in [9.17, 15) is 4.79 Å². The number of methoxy groups -OCH3 is 1. The van der Waals surface area contributed by atoms with E-state index in [1.54, 1.807) is 7.11 Å². The molecule has 0 spiro atoms. The predicted octanol–water partition coefficient (Wildman–Crippen LogP) is 1.98. The SMILES string of the molecule is CCN1CCN(c2ccc(C(=O)N[C@@H](C)CCOC)cc2)CC1. The maximum absolute atomic E-state index is 12.2. The first-order valence-electron chi connectivity index (χ1n) is 8.51. The van der Waals surface area contributed by atoms with Gasteiger partial charge in [-0.05, 0) is 44.2 Å². The Kier molecular flexibility index (Phi) is 6.86. The van der Waals surface area contributed by atoms with Crippen molar-refractivity contribution < 1.29 is 9.53 Å². The first-order valence-corrected chi connectivity index (χ1v) is 8.51. The van der Waals surface area contributed by atoms with Crippen LogP contribution in [0, 0.1) is 0 Å². The number of nitrogens with one attached hydrogen (secondary N) is 1. The van der Waals surface area contributed by atoms with Gasteiger partial charge in [0.25, 0.3) is 5.91 Å². The van der Waals surface area contributed by atoms with Crippen molar-refractivity contribution in [1.29, 1.82) is 0 Å². The molecule has 1 saturated heterocycles. The summed E-state index contributed by atoms with van der Waals surface area (Å²) in [5.74, 6) is -0.0176. The molecule has 0 aliphatic carbocycles. The van der Waals surface area contributed by atoms with Gasteiger partial charge in [-0.3, -0.25) is 4.79 Å². The third-order valence-corrected chi connectivity index (χ3v) is 4.45. The number of piperazine rings is 1. The average Bonchev–Trinajstić information content (AvgIpc) is 2.60. The first kappa shape index (κ1) is 17.8. The molecular formula is C18H29N3O2. The van der Waals surface area contributed by atoms with Crippen LogP contribution < -0.4 is 10.2 Å². The van der Waals surface area contributed by atoms with Crippen LogP contribution >= 0.6 is 0 Å². The second kappa shape index (κ2) is 8.89. The Morgan fingerprint density at radius 2 is 1.87 bits per heavy atom. The molecule has 5 nitrogen and oxygen atoms in total. The largest absolute Gasteiger partial charge is 0.385 e. The number of amides is 1. The fraction of sp³-hybridized carbons (Fsp3) is 0.611. The highest BCUT2D eigenvalue weighted by Crippen LogP contribution is 2.17. The molecule has 5 heteroatoms. The lowest BCUT2D eigenvalue weighted by Gasteiger charge is -2.35. The summed E-state index contributed by atoms with van der Waals surface area (Å²) in [5, 5.41) is 3.00. The highest BCUT2D eigenvalue weighted by molar-refractivity contribution is 5.94. The minimum Gasteiger partial charge on any atom is -0.385 e. The smallest absolute Gasteiger partial charge is 0.251 e. The Hall–Kier alpha value is -1.59. The second-order valence-electron chi connectivity index (χ2n) is 6.12. The Labute approximate surface area is 139 Å². The van der Waals surface area contributed by atoms with Gasteiger partial charge in [0.05, 0.1) is 0 Å². The summed E-state index contributed by atoms with van der Waals surface area (Å²) in [7, 11) is 1.67. The third-order valence-electron chi connectivity index (χ3n) is 4.45. The molecule has 1 N–H and O–H groups in total. The molecule has 0 radical (unpaired) electrons. The van der Waals surface area contributed by atoms with E-state index in [1.165, 1.54) is 5.69 Å². The van der Waals surface area contributed by atoms with Crippen LogP contribution in [0.2, 0.25) is 0 Å². The van der Waals surface area contributed by atoms with Crippen molar-refractivity contribution >= 4 is 11.6 Å². The van der Waals surface area contributed by atoms with Crippen molar-refractivity contribution in [3.8, 4) is 0 Å². The molecule has 1 amide bonds. The molecule has 1 heterocycles. The zero-order chi connectivity index (χ0) is 16.7. The number of likely N-dealkylation sites (N-methyl/N-ethyl adjacent to an activating group) is 1. The number of anilines is 1. The number of hydrogen-bond donors (Lipinski definition) is 1. The Morgan fingerprint density at radius 1 is 1.22 bits per heavy atom. The lowest BCUT2D eigenvalue weighted by Crippen LogP contribution is -2.46. The highest BCUT2D eigenvalue weighted by Gasteiger charge is 2.16. The van der Waals surface area contributed by atoms with Crippen LogP contribution in [-0.2, 0) is 4.74 Å². The summed E-state index contributed by atoms with van der Waals surface area (Å²) >= 11 is 0. The summed E-state index contributed by atoms with van der Waals surface area (Å²) in [6.45, 7) is 10.3. The Morgan fingerprint density at radius 3 is 2.43 bits per heavy atom. The van der Waals surface area contributed by atoms with E-state index >= 15 is 0 Å². The van der Waals surface area contributed by atoms with Crippen LogP contribution in [-0.4, -0.2) is 63.3 Å². The number of rotatable bonds is 7. The van der Waals surface area contributed by atoms with E-state index in [0.29, 0.717) is 12.2 Å². The van der Waals surface area contributed by atoms with Gasteiger partial charge in [0.1, 0.15) is 0 Å². The molecular weight excluding hydrogens is 290 g/mol. The number of carbonyl (C=O) groups is 1. The van der Waals surface area contributed by atoms with Crippen LogP contribution in [0.3, 0.4) is 0 Å². The quantitative estimate of drug-likeness (QED) is 0.835. The van der Waals surface area contributed by atoms with Gasteiger partial charge in [-0.1, -0.05) is 6.92 Å². The van der Waals surface area contributed by atoms with E-state index in [0.717, 1.165) is 39.1 Å². The van der Waals surface area contributed by atoms with Crippen molar-refractivity contribution in [3.63, 3.8) is 0 Å². The minimum atomic E-state index is -0.0176. The minimum absolute atomic E-state index is 0.0176. The summed E-state index contributed by atoms with van der Waals surface area (Å²) < 4.78 is 5.04. The average molecular weight is 319 g/mol. The number of ether oxygens (including phenoxy) is 1. The van der Waals surface area contributed by atoms with Crippen LogP contribution in [0.15, 0.2) is 24.3 Å². The fourth-order valence-corrected chi connectivity index (χ4v) is 2.82. The molecule has 1 aromatic rings. The van der Waals surface area contributed by atoms with Gasteiger partial charge < -0.3 is 19.9 Å². The zero-order valence-electron chi connectivity index (χ0n) is 14.5. The molecule has 128 valence electrons. The molecule has 1 aliphatic heterocycles. The summed E-state index contributed by atoms with van der Waals surface area (Å²) in [5.41, 5.74) is 1.91. The van der Waals surface area contributed by atoms with E-state index < -0.39 is 0 Å². The van der Waals surface area contributed by atoms with Gasteiger partial charge >= 0.3 is 0 Å². The lowest BCUT2D eigenvalue weighted by molar-refractivity contribution is 0.0929. The van der Waals surface area contributed by atoms with E-state index in [2.05, 4.69) is 34.2 Å². The van der Waals surface area contributed by atoms with Crippen LogP contribution in [0.25, 0.3) is 0 Å². The van der Waals surface area contributed by atoms with Crippen LogP contribution in [0.5, 0.6) is 0 Å². The molecule has 23 heavy (non-hydrogen) atoms. The summed E-state index contributed by atoms with van der Waals surface area (Å²) in [6, 6.07) is 8.05.